The van der Waals surface area contributed by atoms with E-state index in [1.165, 1.54) is 6.42 Å². The molecule has 0 bridgehead atoms. The number of benzene rings is 1. The summed E-state index contributed by atoms with van der Waals surface area (Å²) in [7, 11) is 1.75. The van der Waals surface area contributed by atoms with Crippen molar-refractivity contribution in [3.8, 4) is 17.1 Å². The number of hydrogen-bond donors (Lipinski definition) is 1. The maximum atomic E-state index is 12.7. The Balaban J connectivity index is 1.73. The van der Waals surface area contributed by atoms with Crippen LogP contribution >= 0.6 is 0 Å². The lowest BCUT2D eigenvalue weighted by molar-refractivity contribution is 0.00372. The molecular formula is C21H25N3O3. The number of H-pyrrole nitrogens is 1. The van der Waals surface area contributed by atoms with Crippen LogP contribution in [-0.4, -0.2) is 34.9 Å². The molecule has 27 heavy (non-hydrogen) atoms. The number of fused-ring (bicyclic) bond motifs is 1. The second-order valence-electron chi connectivity index (χ2n) is 7.36. The van der Waals surface area contributed by atoms with Crippen LogP contribution in [0.1, 0.15) is 26.2 Å². The van der Waals surface area contributed by atoms with Crippen molar-refractivity contribution in [1.82, 2.24) is 14.5 Å². The normalized spacial score (nSPS) is 15.6. The summed E-state index contributed by atoms with van der Waals surface area (Å²) in [5.41, 5.74) is 1.39. The van der Waals surface area contributed by atoms with E-state index in [-0.39, 0.29) is 11.0 Å². The smallest absolute Gasteiger partial charge is 0.259 e. The summed E-state index contributed by atoms with van der Waals surface area (Å²) in [6.07, 6.45) is 7.22. The Kier molecular flexibility index (Phi) is 4.74. The lowest BCUT2D eigenvalue weighted by Gasteiger charge is -2.41. The number of nitrogens with zero attached hydrogens (tertiary/aromatic N) is 2. The van der Waals surface area contributed by atoms with E-state index in [0.717, 1.165) is 42.6 Å². The zero-order valence-corrected chi connectivity index (χ0v) is 15.8. The number of rotatable bonds is 7. The van der Waals surface area contributed by atoms with Gasteiger partial charge < -0.3 is 19.0 Å². The van der Waals surface area contributed by atoms with Crippen LogP contribution in [0, 0.1) is 5.41 Å². The number of aromatic nitrogens is 3. The third kappa shape index (κ3) is 3.37. The molecule has 2 aromatic heterocycles. The highest BCUT2D eigenvalue weighted by molar-refractivity contribution is 5.83. The zero-order chi connectivity index (χ0) is 18.9. The monoisotopic (exact) mass is 367 g/mol. The molecule has 1 fully saturated rings. The standard InChI is InChI=1S/C21H25N3O3/c1-3-27-16-5-6-18-15(11-16)12-17(20(25)23-18)19-22-9-10-24(19)13-21(14-26-2)7-4-8-21/h5-6,9-12H,3-4,7-8,13-14H2,1-2H3,(H,23,25). The minimum Gasteiger partial charge on any atom is -0.494 e. The van der Waals surface area contributed by atoms with E-state index >= 15 is 0 Å². The molecule has 142 valence electrons. The summed E-state index contributed by atoms with van der Waals surface area (Å²) in [5, 5.41) is 0.931. The van der Waals surface area contributed by atoms with Crippen LogP contribution in [0.5, 0.6) is 5.75 Å². The molecule has 3 aromatic rings. The molecule has 0 aliphatic heterocycles. The topological polar surface area (TPSA) is 69.1 Å². The van der Waals surface area contributed by atoms with Gasteiger partial charge in [-0.15, -0.1) is 0 Å². The van der Waals surface area contributed by atoms with Crippen molar-refractivity contribution in [1.29, 1.82) is 0 Å². The molecule has 1 saturated carbocycles. The number of nitrogens with one attached hydrogen (secondary N) is 1. The average Bonchev–Trinajstić information content (AvgIpc) is 3.07. The molecule has 1 aliphatic carbocycles. The molecule has 0 unspecified atom stereocenters. The molecule has 0 saturated heterocycles. The Labute approximate surface area is 158 Å². The highest BCUT2D eigenvalue weighted by Gasteiger charge is 2.37. The van der Waals surface area contributed by atoms with Gasteiger partial charge >= 0.3 is 0 Å². The van der Waals surface area contributed by atoms with Gasteiger partial charge in [0.2, 0.25) is 0 Å². The van der Waals surface area contributed by atoms with E-state index < -0.39 is 0 Å². The number of hydrogen-bond acceptors (Lipinski definition) is 4. The van der Waals surface area contributed by atoms with Gasteiger partial charge in [0.1, 0.15) is 11.6 Å². The minimum atomic E-state index is -0.131. The number of imidazole rings is 1. The van der Waals surface area contributed by atoms with E-state index in [9.17, 15) is 4.79 Å². The predicted molar refractivity (Wildman–Crippen MR) is 105 cm³/mol. The maximum absolute atomic E-state index is 12.7. The van der Waals surface area contributed by atoms with E-state index in [2.05, 4.69) is 14.5 Å². The number of methoxy groups -OCH3 is 1. The SMILES string of the molecule is CCOc1ccc2[nH]c(=O)c(-c3nccn3CC3(COC)CCC3)cc2c1. The van der Waals surface area contributed by atoms with Crippen molar-refractivity contribution in [3.63, 3.8) is 0 Å². The first kappa shape index (κ1) is 17.8. The first-order valence-electron chi connectivity index (χ1n) is 9.44. The predicted octanol–water partition coefficient (Wildman–Crippen LogP) is 3.61. The summed E-state index contributed by atoms with van der Waals surface area (Å²) in [4.78, 5) is 20.2. The molecule has 1 aromatic carbocycles. The number of aromatic amines is 1. The summed E-state index contributed by atoms with van der Waals surface area (Å²) in [6.45, 7) is 4.10. The Morgan fingerprint density at radius 3 is 2.85 bits per heavy atom. The summed E-state index contributed by atoms with van der Waals surface area (Å²) < 4.78 is 13.1. The maximum Gasteiger partial charge on any atom is 0.259 e. The van der Waals surface area contributed by atoms with Crippen LogP contribution in [0.3, 0.4) is 0 Å². The van der Waals surface area contributed by atoms with E-state index in [0.29, 0.717) is 18.0 Å². The third-order valence-corrected chi connectivity index (χ3v) is 5.45. The molecule has 4 rings (SSSR count). The van der Waals surface area contributed by atoms with Gasteiger partial charge in [-0.25, -0.2) is 4.98 Å². The third-order valence-electron chi connectivity index (χ3n) is 5.45. The highest BCUT2D eigenvalue weighted by atomic mass is 16.5. The van der Waals surface area contributed by atoms with Gasteiger partial charge in [-0.2, -0.15) is 0 Å². The lowest BCUT2D eigenvalue weighted by Crippen LogP contribution is -2.38. The fourth-order valence-electron chi connectivity index (χ4n) is 3.98. The Bertz CT molecular complexity index is 1000. The van der Waals surface area contributed by atoms with Crippen molar-refractivity contribution in [2.75, 3.05) is 20.3 Å². The van der Waals surface area contributed by atoms with Gasteiger partial charge in [-0.1, -0.05) is 6.42 Å². The molecule has 0 radical (unpaired) electrons. The van der Waals surface area contributed by atoms with Crippen molar-refractivity contribution in [3.05, 3.63) is 47.0 Å². The fraction of sp³-hybridized carbons (Fsp3) is 0.429. The minimum absolute atomic E-state index is 0.131. The summed E-state index contributed by atoms with van der Waals surface area (Å²) in [5.74, 6) is 1.49. The van der Waals surface area contributed by atoms with E-state index in [1.807, 2.05) is 37.4 Å². The van der Waals surface area contributed by atoms with Crippen molar-refractivity contribution < 1.29 is 9.47 Å². The molecule has 0 amide bonds. The number of ether oxygens (including phenoxy) is 2. The van der Waals surface area contributed by atoms with Crippen molar-refractivity contribution >= 4 is 10.9 Å². The Morgan fingerprint density at radius 2 is 2.15 bits per heavy atom. The van der Waals surface area contributed by atoms with Crippen molar-refractivity contribution in [2.24, 2.45) is 5.41 Å². The van der Waals surface area contributed by atoms with Crippen LogP contribution in [0.2, 0.25) is 0 Å². The molecule has 0 atom stereocenters. The lowest BCUT2D eigenvalue weighted by atomic mass is 9.69. The second kappa shape index (κ2) is 7.19. The first-order valence-corrected chi connectivity index (χ1v) is 9.44. The zero-order valence-electron chi connectivity index (χ0n) is 15.8. The first-order chi connectivity index (χ1) is 13.1. The van der Waals surface area contributed by atoms with E-state index in [4.69, 9.17) is 9.47 Å². The molecule has 6 heteroatoms. The average molecular weight is 367 g/mol. The molecule has 1 aliphatic rings. The van der Waals surface area contributed by atoms with Gasteiger partial charge in [0.05, 0.1) is 18.8 Å². The van der Waals surface area contributed by atoms with Gasteiger partial charge in [-0.05, 0) is 44.0 Å². The molecule has 0 spiro atoms. The largest absolute Gasteiger partial charge is 0.494 e. The van der Waals surface area contributed by atoms with Crippen LogP contribution in [0.15, 0.2) is 41.5 Å². The van der Waals surface area contributed by atoms with Crippen molar-refractivity contribution in [2.45, 2.75) is 32.7 Å². The van der Waals surface area contributed by atoms with Crippen LogP contribution < -0.4 is 10.3 Å². The fourth-order valence-corrected chi connectivity index (χ4v) is 3.98. The second-order valence-corrected chi connectivity index (χ2v) is 7.36. The molecule has 2 heterocycles. The van der Waals surface area contributed by atoms with E-state index in [1.54, 1.807) is 13.3 Å². The van der Waals surface area contributed by atoms with Gasteiger partial charge in [-0.3, -0.25) is 4.79 Å². The summed E-state index contributed by atoms with van der Waals surface area (Å²) >= 11 is 0. The Hall–Kier alpha value is -2.60. The van der Waals surface area contributed by atoms with Gasteiger partial charge in [0.15, 0.2) is 0 Å². The molecular weight excluding hydrogens is 342 g/mol. The number of pyridine rings is 1. The van der Waals surface area contributed by atoms with Crippen LogP contribution in [0.25, 0.3) is 22.3 Å². The van der Waals surface area contributed by atoms with Gasteiger partial charge in [0.25, 0.3) is 5.56 Å². The Morgan fingerprint density at radius 1 is 1.30 bits per heavy atom. The summed E-state index contributed by atoms with van der Waals surface area (Å²) in [6, 6.07) is 7.59. The highest BCUT2D eigenvalue weighted by Crippen LogP contribution is 2.43. The quantitative estimate of drug-likeness (QED) is 0.693. The molecule has 1 N–H and O–H groups in total. The van der Waals surface area contributed by atoms with Gasteiger partial charge in [0, 0.05) is 42.4 Å². The van der Waals surface area contributed by atoms with Crippen LogP contribution in [0.4, 0.5) is 0 Å². The van der Waals surface area contributed by atoms with Crippen LogP contribution in [-0.2, 0) is 11.3 Å². The molecule has 6 nitrogen and oxygen atoms in total.